The van der Waals surface area contributed by atoms with E-state index in [1.165, 1.54) is 24.3 Å². The predicted molar refractivity (Wildman–Crippen MR) is 107 cm³/mol. The minimum Gasteiger partial charge on any atom is -0.372 e. The van der Waals surface area contributed by atoms with Gasteiger partial charge in [-0.1, -0.05) is 6.07 Å². The largest absolute Gasteiger partial charge is 0.372 e. The van der Waals surface area contributed by atoms with Crippen LogP contribution in [0.4, 0.5) is 21.5 Å². The molecule has 0 aliphatic heterocycles. The summed E-state index contributed by atoms with van der Waals surface area (Å²) in [7, 11) is -3.67. The minimum absolute atomic E-state index is 0.269. The van der Waals surface area contributed by atoms with Crippen molar-refractivity contribution in [2.24, 2.45) is 0 Å². The maximum absolute atomic E-state index is 13.2. The van der Waals surface area contributed by atoms with Crippen molar-refractivity contribution in [3.8, 4) is 0 Å². The third kappa shape index (κ3) is 5.68. The number of nitrogens with one attached hydrogen (secondary N) is 1. The van der Waals surface area contributed by atoms with Crippen molar-refractivity contribution >= 4 is 33.0 Å². The van der Waals surface area contributed by atoms with Gasteiger partial charge in [-0.05, 0) is 56.3 Å². The summed E-state index contributed by atoms with van der Waals surface area (Å²) >= 11 is 0. The van der Waals surface area contributed by atoms with Crippen molar-refractivity contribution < 1.29 is 17.6 Å². The topological polar surface area (TPSA) is 69.7 Å². The standard InChI is InChI=1S/C19H24FN3O3S/c1-4-22(5-2)17-9-11-18(12-10-17)23(27(3,25)26)14-19(24)21-16-8-6-7-15(20)13-16/h6-13H,4-5,14H2,1-3H3,(H,21,24). The number of carbonyl (C=O) groups is 1. The number of carbonyl (C=O) groups excluding carboxylic acids is 1. The molecule has 2 aromatic carbocycles. The number of amides is 1. The molecule has 0 unspecified atom stereocenters. The van der Waals surface area contributed by atoms with Gasteiger partial charge in [-0.2, -0.15) is 0 Å². The molecule has 2 rings (SSSR count). The van der Waals surface area contributed by atoms with Crippen LogP contribution >= 0.6 is 0 Å². The molecule has 8 heteroatoms. The van der Waals surface area contributed by atoms with Gasteiger partial charge in [-0.25, -0.2) is 12.8 Å². The van der Waals surface area contributed by atoms with Crippen LogP contribution in [0.25, 0.3) is 0 Å². The lowest BCUT2D eigenvalue weighted by Crippen LogP contribution is -2.37. The van der Waals surface area contributed by atoms with Crippen LogP contribution < -0.4 is 14.5 Å². The van der Waals surface area contributed by atoms with Gasteiger partial charge in [0.15, 0.2) is 0 Å². The molecule has 1 N–H and O–H groups in total. The van der Waals surface area contributed by atoms with Crippen LogP contribution in [0.1, 0.15) is 13.8 Å². The number of hydrogen-bond donors (Lipinski definition) is 1. The van der Waals surface area contributed by atoms with Crippen molar-refractivity contribution in [3.63, 3.8) is 0 Å². The number of hydrogen-bond acceptors (Lipinski definition) is 4. The Balaban J connectivity index is 2.19. The second-order valence-electron chi connectivity index (χ2n) is 6.02. The van der Waals surface area contributed by atoms with Gasteiger partial charge in [0, 0.05) is 24.5 Å². The van der Waals surface area contributed by atoms with E-state index < -0.39 is 28.3 Å². The fourth-order valence-electron chi connectivity index (χ4n) is 2.72. The van der Waals surface area contributed by atoms with Crippen molar-refractivity contribution in [1.82, 2.24) is 0 Å². The molecule has 1 amide bonds. The highest BCUT2D eigenvalue weighted by Crippen LogP contribution is 2.22. The lowest BCUT2D eigenvalue weighted by molar-refractivity contribution is -0.114. The molecule has 0 radical (unpaired) electrons. The zero-order valence-electron chi connectivity index (χ0n) is 15.6. The van der Waals surface area contributed by atoms with Crippen LogP contribution in [0.5, 0.6) is 0 Å². The van der Waals surface area contributed by atoms with Crippen LogP contribution in [0.15, 0.2) is 48.5 Å². The molecule has 0 aromatic heterocycles. The number of anilines is 3. The molecule has 6 nitrogen and oxygen atoms in total. The van der Waals surface area contributed by atoms with Crippen molar-refractivity contribution in [3.05, 3.63) is 54.3 Å². The first-order valence-corrected chi connectivity index (χ1v) is 10.5. The van der Waals surface area contributed by atoms with Gasteiger partial charge in [0.05, 0.1) is 11.9 Å². The van der Waals surface area contributed by atoms with Gasteiger partial charge in [0.2, 0.25) is 15.9 Å². The summed E-state index contributed by atoms with van der Waals surface area (Å²) in [6.07, 6.45) is 1.04. The Labute approximate surface area is 159 Å². The summed E-state index contributed by atoms with van der Waals surface area (Å²) < 4.78 is 38.6. The molecule has 0 atom stereocenters. The van der Waals surface area contributed by atoms with Crippen molar-refractivity contribution in [2.75, 3.05) is 40.4 Å². The summed E-state index contributed by atoms with van der Waals surface area (Å²) in [5.74, 6) is -1.04. The molecule has 0 saturated heterocycles. The molecule has 2 aromatic rings. The Kier molecular flexibility index (Phi) is 6.79. The number of rotatable bonds is 8. The van der Waals surface area contributed by atoms with Gasteiger partial charge < -0.3 is 10.2 Å². The molecule has 0 saturated carbocycles. The van der Waals surface area contributed by atoms with Crippen LogP contribution in [-0.2, 0) is 14.8 Å². The zero-order valence-corrected chi connectivity index (χ0v) is 16.5. The fourth-order valence-corrected chi connectivity index (χ4v) is 3.57. The summed E-state index contributed by atoms with van der Waals surface area (Å²) in [6, 6.07) is 12.4. The fraction of sp³-hybridized carbons (Fsp3) is 0.316. The first kappa shape index (κ1) is 20.7. The normalized spacial score (nSPS) is 11.1. The molecular weight excluding hydrogens is 369 g/mol. The highest BCUT2D eigenvalue weighted by molar-refractivity contribution is 7.92. The third-order valence-electron chi connectivity index (χ3n) is 4.06. The van der Waals surface area contributed by atoms with Gasteiger partial charge in [0.1, 0.15) is 12.4 Å². The van der Waals surface area contributed by atoms with Gasteiger partial charge in [-0.3, -0.25) is 9.10 Å². The first-order chi connectivity index (χ1) is 12.7. The van der Waals surface area contributed by atoms with E-state index in [0.29, 0.717) is 5.69 Å². The second-order valence-corrected chi connectivity index (χ2v) is 7.92. The van der Waals surface area contributed by atoms with E-state index in [2.05, 4.69) is 10.2 Å². The SMILES string of the molecule is CCN(CC)c1ccc(N(CC(=O)Nc2cccc(F)c2)S(C)(=O)=O)cc1. The van der Waals surface area contributed by atoms with Crippen molar-refractivity contribution in [1.29, 1.82) is 0 Å². The molecule has 0 bridgehead atoms. The monoisotopic (exact) mass is 393 g/mol. The number of benzene rings is 2. The summed E-state index contributed by atoms with van der Waals surface area (Å²) in [5.41, 5.74) is 1.63. The molecular formula is C19H24FN3O3S. The average Bonchev–Trinajstić information content (AvgIpc) is 2.60. The average molecular weight is 393 g/mol. The van der Waals surface area contributed by atoms with Gasteiger partial charge >= 0.3 is 0 Å². The summed E-state index contributed by atoms with van der Waals surface area (Å²) in [6.45, 7) is 5.34. The molecule has 0 aliphatic carbocycles. The highest BCUT2D eigenvalue weighted by Gasteiger charge is 2.21. The molecule has 0 spiro atoms. The molecule has 0 fully saturated rings. The zero-order chi connectivity index (χ0) is 20.0. The van der Waals surface area contributed by atoms with E-state index >= 15 is 0 Å². The van der Waals surface area contributed by atoms with Crippen LogP contribution in [0.2, 0.25) is 0 Å². The number of sulfonamides is 1. The lowest BCUT2D eigenvalue weighted by atomic mass is 10.2. The van der Waals surface area contributed by atoms with Crippen LogP contribution in [0, 0.1) is 5.82 Å². The Morgan fingerprint density at radius 3 is 2.15 bits per heavy atom. The van der Waals surface area contributed by atoms with Crippen LogP contribution in [0.3, 0.4) is 0 Å². The maximum Gasteiger partial charge on any atom is 0.245 e. The summed E-state index contributed by atoms with van der Waals surface area (Å²) in [5, 5.41) is 2.51. The quantitative estimate of drug-likeness (QED) is 0.748. The lowest BCUT2D eigenvalue weighted by Gasteiger charge is -2.24. The molecule has 27 heavy (non-hydrogen) atoms. The number of nitrogens with zero attached hydrogens (tertiary/aromatic N) is 2. The minimum atomic E-state index is -3.67. The Hall–Kier alpha value is -2.61. The third-order valence-corrected chi connectivity index (χ3v) is 5.20. The first-order valence-electron chi connectivity index (χ1n) is 8.62. The van der Waals surface area contributed by atoms with E-state index in [1.54, 1.807) is 12.1 Å². The smallest absolute Gasteiger partial charge is 0.245 e. The van der Waals surface area contributed by atoms with E-state index in [0.717, 1.165) is 29.3 Å². The van der Waals surface area contributed by atoms with E-state index in [9.17, 15) is 17.6 Å². The van der Waals surface area contributed by atoms with Gasteiger partial charge in [-0.15, -0.1) is 0 Å². The molecule has 0 aliphatic rings. The molecule has 146 valence electrons. The van der Waals surface area contributed by atoms with Crippen molar-refractivity contribution in [2.45, 2.75) is 13.8 Å². The Morgan fingerprint density at radius 1 is 1.04 bits per heavy atom. The predicted octanol–water partition coefficient (Wildman–Crippen LogP) is 3.08. The van der Waals surface area contributed by atoms with E-state index in [1.807, 2.05) is 26.0 Å². The molecule has 0 heterocycles. The van der Waals surface area contributed by atoms with Crippen LogP contribution in [-0.4, -0.2) is 40.2 Å². The maximum atomic E-state index is 13.2. The van der Waals surface area contributed by atoms with Gasteiger partial charge in [0.25, 0.3) is 0 Å². The number of halogens is 1. The summed E-state index contributed by atoms with van der Waals surface area (Å²) in [4.78, 5) is 14.4. The van der Waals surface area contributed by atoms with E-state index in [-0.39, 0.29) is 5.69 Å². The Morgan fingerprint density at radius 2 is 1.63 bits per heavy atom. The van der Waals surface area contributed by atoms with E-state index in [4.69, 9.17) is 0 Å². The second kappa shape index (κ2) is 8.85. The Bertz CT molecular complexity index is 881. The highest BCUT2D eigenvalue weighted by atomic mass is 32.2.